The highest BCUT2D eigenvalue weighted by molar-refractivity contribution is 8.30. The lowest BCUT2D eigenvalue weighted by Crippen LogP contribution is -2.75. The second-order valence-corrected chi connectivity index (χ2v) is 14.5. The van der Waals surface area contributed by atoms with Gasteiger partial charge in [0.2, 0.25) is 0 Å². The summed E-state index contributed by atoms with van der Waals surface area (Å²) in [6.07, 6.45) is -7.88. The van der Waals surface area contributed by atoms with E-state index in [9.17, 15) is 70.7 Å². The van der Waals surface area contributed by atoms with Gasteiger partial charge in [0.05, 0.1) is 0 Å². The minimum absolute atomic E-state index is 0.307. The first-order valence-corrected chi connectivity index (χ1v) is 15.4. The van der Waals surface area contributed by atoms with E-state index in [1.54, 1.807) is 20.8 Å². The molecule has 0 aliphatic rings. The highest BCUT2D eigenvalue weighted by atomic mass is 32.3. The van der Waals surface area contributed by atoms with Gasteiger partial charge in [-0.15, -0.1) is 0 Å². The average molecular weight is 783 g/mol. The fraction of sp³-hybridized carbons (Fsp3) is 0.387. The summed E-state index contributed by atoms with van der Waals surface area (Å²) in [4.78, 5) is 12.0. The number of hydrogen-bond acceptors (Lipinski definition) is 2. The molecule has 0 aromatic heterocycles. The number of carbonyl (C=O) groups excluding carboxylic acids is 1. The Morgan fingerprint density at radius 3 is 1.10 bits per heavy atom. The Labute approximate surface area is 279 Å². The zero-order chi connectivity index (χ0) is 39.5. The molecule has 0 spiro atoms. The van der Waals surface area contributed by atoms with Crippen molar-refractivity contribution in [2.45, 2.75) is 88.5 Å². The number of hydrogen-bond donors (Lipinski definition) is 0. The van der Waals surface area contributed by atoms with Crippen LogP contribution in [0, 0.1) is 0 Å². The van der Waals surface area contributed by atoms with Crippen LogP contribution in [0.4, 0.5) is 74.6 Å². The molecule has 0 bridgehead atoms. The summed E-state index contributed by atoms with van der Waals surface area (Å²) in [5, 5.41) is 0. The number of halogens is 17. The van der Waals surface area contributed by atoms with Gasteiger partial charge in [0.25, 0.3) is 0 Å². The number of alkyl halides is 17. The van der Waals surface area contributed by atoms with Crippen LogP contribution < -0.4 is 0 Å². The number of rotatable bonds is 11. The molecule has 0 atom stereocenters. The molecule has 0 unspecified atom stereocenters. The third kappa shape index (κ3) is 6.28. The second-order valence-electron chi connectivity index (χ2n) is 11.8. The predicted octanol–water partition coefficient (Wildman–Crippen LogP) is 11.7. The summed E-state index contributed by atoms with van der Waals surface area (Å²) in [5.74, 6) is -62.8. The first-order valence-electron chi connectivity index (χ1n) is 13.8. The average Bonchev–Trinajstić information content (AvgIpc) is 3.02. The Bertz CT molecular complexity index is 1640. The molecule has 0 saturated carbocycles. The van der Waals surface area contributed by atoms with E-state index in [1.165, 1.54) is 48.5 Å². The summed E-state index contributed by atoms with van der Waals surface area (Å²) in [6, 6.07) is 16.8. The van der Waals surface area contributed by atoms with Crippen LogP contribution in [-0.2, 0) is 14.4 Å². The van der Waals surface area contributed by atoms with Gasteiger partial charge in [-0.05, 0) is 57.7 Å². The van der Waals surface area contributed by atoms with Gasteiger partial charge >= 0.3 is 53.6 Å². The largest absolute Gasteiger partial charge is 0.460 e. The minimum Gasteiger partial charge on any atom is -0.397 e. The van der Waals surface area contributed by atoms with E-state index in [-0.39, 0.29) is 14.7 Å². The first kappa shape index (κ1) is 41.7. The maximum Gasteiger partial charge on any atom is 0.460 e. The van der Waals surface area contributed by atoms with Crippen LogP contribution in [0.2, 0.25) is 0 Å². The van der Waals surface area contributed by atoms with Crippen molar-refractivity contribution in [2.24, 2.45) is 0 Å². The molecule has 2 nitrogen and oxygen atoms in total. The zero-order valence-electron chi connectivity index (χ0n) is 25.7. The van der Waals surface area contributed by atoms with Gasteiger partial charge in [-0.3, -0.25) is 0 Å². The van der Waals surface area contributed by atoms with Crippen molar-refractivity contribution in [1.29, 1.82) is 0 Å². The molecule has 20 heteroatoms. The van der Waals surface area contributed by atoms with Crippen molar-refractivity contribution >= 4 is 16.3 Å². The van der Waals surface area contributed by atoms with E-state index < -0.39 is 69.3 Å². The molecule has 3 rings (SSSR count). The van der Waals surface area contributed by atoms with E-state index in [0.717, 1.165) is 36.4 Å². The van der Waals surface area contributed by atoms with E-state index in [0.29, 0.717) is 5.56 Å². The van der Waals surface area contributed by atoms with Gasteiger partial charge in [-0.1, -0.05) is 69.3 Å². The molecule has 3 aromatic carbocycles. The van der Waals surface area contributed by atoms with Gasteiger partial charge in [0.1, 0.15) is 0 Å². The van der Waals surface area contributed by atoms with Gasteiger partial charge in [0.15, 0.2) is 0 Å². The Morgan fingerprint density at radius 1 is 0.451 bits per heavy atom. The van der Waals surface area contributed by atoms with E-state index in [2.05, 4.69) is 0 Å². The fourth-order valence-electron chi connectivity index (χ4n) is 4.38. The van der Waals surface area contributed by atoms with Gasteiger partial charge < -0.3 is 4.18 Å². The third-order valence-electron chi connectivity index (χ3n) is 7.38. The van der Waals surface area contributed by atoms with Crippen molar-refractivity contribution < 1.29 is 83.6 Å². The highest BCUT2D eigenvalue weighted by Crippen LogP contribution is 2.71. The maximum atomic E-state index is 15.2. The molecule has 0 fully saturated rings. The lowest BCUT2D eigenvalue weighted by Gasteiger charge is -2.44. The van der Waals surface area contributed by atoms with Crippen molar-refractivity contribution in [3.63, 3.8) is 0 Å². The summed E-state index contributed by atoms with van der Waals surface area (Å²) in [7, 11) is -4.19. The van der Waals surface area contributed by atoms with Gasteiger partial charge in [-0.25, -0.2) is 4.79 Å². The molecule has 0 heterocycles. The third-order valence-corrected chi connectivity index (χ3v) is 10.6. The molecule has 0 N–H and O–H groups in total. The molecule has 0 aliphatic carbocycles. The smallest absolute Gasteiger partial charge is 0.397 e. The molecule has 0 aliphatic heterocycles. The quantitative estimate of drug-likeness (QED) is 0.181. The minimum atomic E-state index is -8.84. The molecular formula is C31H23F17O2S. The maximum absolute atomic E-state index is 15.2. The zero-order valence-corrected chi connectivity index (χ0v) is 26.5. The van der Waals surface area contributed by atoms with E-state index >= 15 is 8.78 Å². The monoisotopic (exact) mass is 782 g/mol. The molecule has 0 saturated heterocycles. The van der Waals surface area contributed by atoms with Gasteiger partial charge in [-0.2, -0.15) is 74.6 Å². The Kier molecular flexibility index (Phi) is 10.4. The van der Waals surface area contributed by atoms with Crippen molar-refractivity contribution in [3.8, 4) is 0 Å². The van der Waals surface area contributed by atoms with Crippen molar-refractivity contribution in [2.75, 3.05) is 0 Å². The van der Waals surface area contributed by atoms with Crippen LogP contribution >= 0.6 is 10.3 Å². The van der Waals surface area contributed by atoms with E-state index in [1.807, 2.05) is 0 Å². The lowest BCUT2D eigenvalue weighted by atomic mass is 9.87. The van der Waals surface area contributed by atoms with Crippen LogP contribution in [0.5, 0.6) is 0 Å². The van der Waals surface area contributed by atoms with Crippen molar-refractivity contribution in [1.82, 2.24) is 0 Å². The highest BCUT2D eigenvalue weighted by Gasteiger charge is 2.96. The van der Waals surface area contributed by atoms with Gasteiger partial charge in [0, 0.05) is 14.7 Å². The molecular weight excluding hydrogens is 759 g/mol. The second kappa shape index (κ2) is 12.8. The predicted molar refractivity (Wildman–Crippen MR) is 147 cm³/mol. The van der Waals surface area contributed by atoms with Crippen LogP contribution in [0.15, 0.2) is 99.6 Å². The molecule has 0 radical (unpaired) electrons. The Balaban J connectivity index is 2.27. The Hall–Kier alpha value is -3.71. The fourth-order valence-corrected chi connectivity index (χ4v) is 7.42. The normalized spacial score (nSPS) is 15.1. The van der Waals surface area contributed by atoms with E-state index in [4.69, 9.17) is 4.18 Å². The van der Waals surface area contributed by atoms with Crippen LogP contribution in [0.1, 0.15) is 26.3 Å². The summed E-state index contributed by atoms with van der Waals surface area (Å²) in [5.41, 5.74) is -0.0544. The van der Waals surface area contributed by atoms with Crippen LogP contribution in [0.3, 0.4) is 0 Å². The molecule has 51 heavy (non-hydrogen) atoms. The summed E-state index contributed by atoms with van der Waals surface area (Å²) >= 11 is 0. The standard InChI is InChI=1S/C31H23F17O2S/c1-23(2,3)18-14-16-21(17-15-18)51(19-10-6-4-7-11-19,20-12-8-5-9-13-20)50-22(49)24(32,33)25(34,35)26(36,37)27(38,39)28(40,41)29(42,43)30(44,45)31(46,47)48/h4-17H,1-3H3. The summed E-state index contributed by atoms with van der Waals surface area (Å²) in [6.45, 7) is 5.16. The number of benzene rings is 3. The summed E-state index contributed by atoms with van der Waals surface area (Å²) < 4.78 is 242. The van der Waals surface area contributed by atoms with Crippen molar-refractivity contribution in [3.05, 3.63) is 90.5 Å². The van der Waals surface area contributed by atoms with Crippen LogP contribution in [-0.4, -0.2) is 53.6 Å². The lowest BCUT2D eigenvalue weighted by molar-refractivity contribution is -0.459. The molecule has 0 amide bonds. The number of carbonyl (C=O) groups is 1. The van der Waals surface area contributed by atoms with Crippen LogP contribution in [0.25, 0.3) is 0 Å². The molecule has 284 valence electrons. The Morgan fingerprint density at radius 2 is 0.765 bits per heavy atom. The SMILES string of the molecule is CC(C)(C)c1ccc(S(OC(=O)C(F)(F)C(F)(F)C(F)(F)C(F)(F)C(F)(F)C(F)(F)C(F)(F)C(F)(F)F)(c2ccccc2)c2ccccc2)cc1. The molecule has 3 aromatic rings. The topological polar surface area (TPSA) is 26.3 Å². The first-order chi connectivity index (χ1) is 22.8.